The molecule has 1 N–H and O–H groups in total. The zero-order valence-corrected chi connectivity index (χ0v) is 15.8. The van der Waals surface area contributed by atoms with E-state index in [9.17, 15) is 13.2 Å². The van der Waals surface area contributed by atoms with Crippen molar-refractivity contribution in [1.29, 1.82) is 0 Å². The molecule has 1 aromatic heterocycles. The van der Waals surface area contributed by atoms with Crippen LogP contribution in [0, 0.1) is 0 Å². The predicted octanol–water partition coefficient (Wildman–Crippen LogP) is 2.21. The number of likely N-dealkylation sites (N-methyl/N-ethyl adjacent to an activating group) is 1. The van der Waals surface area contributed by atoms with E-state index in [-0.39, 0.29) is 17.3 Å². The Bertz CT molecular complexity index is 1040. The minimum absolute atomic E-state index is 0.171. The molecule has 0 atom stereocenters. The van der Waals surface area contributed by atoms with Gasteiger partial charge in [0, 0.05) is 31.9 Å². The van der Waals surface area contributed by atoms with Crippen LogP contribution in [0.1, 0.15) is 5.69 Å². The minimum Gasteiger partial charge on any atom is -0.355 e. The number of nitrogens with one attached hydrogen (secondary N) is 1. The second-order valence-electron chi connectivity index (χ2n) is 6.19. The number of carbonyl (C=O) groups excluding carboxylic acids is 1. The summed E-state index contributed by atoms with van der Waals surface area (Å²) in [7, 11) is -2.34. The highest BCUT2D eigenvalue weighted by molar-refractivity contribution is 7.89. The number of pyridine rings is 1. The molecule has 2 aromatic carbocycles. The Hall–Kier alpha value is -2.77. The number of nitrogens with zero attached hydrogens (tertiary/aromatic N) is 2. The fourth-order valence-corrected chi connectivity index (χ4v) is 3.89. The van der Waals surface area contributed by atoms with Crippen LogP contribution in [0.4, 0.5) is 0 Å². The van der Waals surface area contributed by atoms with Crippen LogP contribution < -0.4 is 5.32 Å². The van der Waals surface area contributed by atoms with Crippen molar-refractivity contribution in [2.45, 2.75) is 11.3 Å². The molecule has 1 amide bonds. The molecule has 0 saturated carbocycles. The summed E-state index contributed by atoms with van der Waals surface area (Å²) in [5, 5.41) is 4.53. The molecule has 0 unspecified atom stereocenters. The Balaban J connectivity index is 1.61. The molecule has 6 nitrogen and oxygen atoms in total. The number of benzene rings is 2. The minimum atomic E-state index is -3.74. The van der Waals surface area contributed by atoms with Gasteiger partial charge in [-0.15, -0.1) is 0 Å². The van der Waals surface area contributed by atoms with Gasteiger partial charge >= 0.3 is 0 Å². The van der Waals surface area contributed by atoms with E-state index < -0.39 is 10.0 Å². The lowest BCUT2D eigenvalue weighted by molar-refractivity contribution is -0.121. The fraction of sp³-hybridized carbons (Fsp3) is 0.200. The number of fused-ring (bicyclic) bond motifs is 1. The molecule has 27 heavy (non-hydrogen) atoms. The summed E-state index contributed by atoms with van der Waals surface area (Å²) >= 11 is 0. The number of sulfonamides is 1. The molecular weight excluding hydrogens is 362 g/mol. The van der Waals surface area contributed by atoms with Crippen LogP contribution in [0.15, 0.2) is 71.8 Å². The molecule has 0 spiro atoms. The summed E-state index contributed by atoms with van der Waals surface area (Å²) in [5.41, 5.74) is 0.870. The normalized spacial score (nSPS) is 11.6. The van der Waals surface area contributed by atoms with Crippen LogP contribution in [0.2, 0.25) is 0 Å². The van der Waals surface area contributed by atoms with E-state index >= 15 is 0 Å². The average Bonchev–Trinajstić information content (AvgIpc) is 2.68. The van der Waals surface area contributed by atoms with Crippen molar-refractivity contribution in [3.63, 3.8) is 0 Å². The molecule has 0 aliphatic carbocycles. The largest absolute Gasteiger partial charge is 0.355 e. The van der Waals surface area contributed by atoms with Crippen LogP contribution >= 0.6 is 0 Å². The molecule has 3 rings (SSSR count). The SMILES string of the molecule is CN(CC(=O)NCCc1ccccn1)S(=O)(=O)c1ccc2ccccc2c1. The lowest BCUT2D eigenvalue weighted by Crippen LogP contribution is -2.39. The summed E-state index contributed by atoms with van der Waals surface area (Å²) in [6, 6.07) is 18.1. The van der Waals surface area contributed by atoms with Crippen molar-refractivity contribution in [1.82, 2.24) is 14.6 Å². The fourth-order valence-electron chi connectivity index (χ4n) is 2.73. The van der Waals surface area contributed by atoms with Gasteiger partial charge in [-0.3, -0.25) is 9.78 Å². The maximum absolute atomic E-state index is 12.7. The maximum Gasteiger partial charge on any atom is 0.243 e. The van der Waals surface area contributed by atoms with Gasteiger partial charge in [-0.2, -0.15) is 4.31 Å². The van der Waals surface area contributed by atoms with Gasteiger partial charge in [0.2, 0.25) is 15.9 Å². The van der Waals surface area contributed by atoms with Crippen molar-refractivity contribution >= 4 is 26.7 Å². The Morgan fingerprint density at radius 3 is 2.52 bits per heavy atom. The number of aromatic nitrogens is 1. The molecule has 0 aliphatic heterocycles. The van der Waals surface area contributed by atoms with Crippen molar-refractivity contribution < 1.29 is 13.2 Å². The van der Waals surface area contributed by atoms with Crippen LogP contribution in [0.5, 0.6) is 0 Å². The lowest BCUT2D eigenvalue weighted by atomic mass is 10.1. The van der Waals surface area contributed by atoms with Gasteiger partial charge in [0.1, 0.15) is 0 Å². The molecule has 0 aliphatic rings. The van der Waals surface area contributed by atoms with Crippen molar-refractivity contribution in [2.24, 2.45) is 0 Å². The van der Waals surface area contributed by atoms with Crippen LogP contribution in [0.3, 0.4) is 0 Å². The summed E-state index contributed by atoms with van der Waals surface area (Å²) < 4.78 is 26.5. The Labute approximate surface area is 158 Å². The molecule has 0 bridgehead atoms. The first-order valence-electron chi connectivity index (χ1n) is 8.58. The zero-order chi connectivity index (χ0) is 19.3. The zero-order valence-electron chi connectivity index (χ0n) is 15.0. The second-order valence-corrected chi connectivity index (χ2v) is 8.24. The van der Waals surface area contributed by atoms with Gasteiger partial charge in [0.25, 0.3) is 0 Å². The molecule has 140 valence electrons. The summed E-state index contributed by atoms with van der Waals surface area (Å²) in [6.45, 7) is 0.164. The third-order valence-electron chi connectivity index (χ3n) is 4.22. The van der Waals surface area contributed by atoms with E-state index in [2.05, 4.69) is 10.3 Å². The van der Waals surface area contributed by atoms with Crippen molar-refractivity contribution in [2.75, 3.05) is 20.1 Å². The third-order valence-corrected chi connectivity index (χ3v) is 6.02. The summed E-state index contributed by atoms with van der Waals surface area (Å²) in [5.74, 6) is -0.349. The van der Waals surface area contributed by atoms with Gasteiger partial charge in [0.15, 0.2) is 0 Å². The number of amides is 1. The molecule has 1 heterocycles. The quantitative estimate of drug-likeness (QED) is 0.678. The molecule has 0 saturated heterocycles. The number of rotatable bonds is 7. The highest BCUT2D eigenvalue weighted by atomic mass is 32.2. The first-order valence-corrected chi connectivity index (χ1v) is 10.0. The van der Waals surface area contributed by atoms with Crippen molar-refractivity contribution in [3.05, 3.63) is 72.6 Å². The number of hydrogen-bond donors (Lipinski definition) is 1. The van der Waals surface area contributed by atoms with E-state index in [4.69, 9.17) is 0 Å². The molecule has 7 heteroatoms. The van der Waals surface area contributed by atoms with Crippen LogP contribution in [-0.2, 0) is 21.2 Å². The van der Waals surface area contributed by atoms with Gasteiger partial charge in [-0.1, -0.05) is 36.4 Å². The lowest BCUT2D eigenvalue weighted by Gasteiger charge is -2.17. The average molecular weight is 383 g/mol. The summed E-state index contributed by atoms with van der Waals surface area (Å²) in [6.07, 6.45) is 2.29. The smallest absolute Gasteiger partial charge is 0.243 e. The van der Waals surface area contributed by atoms with Crippen molar-refractivity contribution in [3.8, 4) is 0 Å². The Morgan fingerprint density at radius 2 is 1.78 bits per heavy atom. The molecule has 0 radical (unpaired) electrons. The molecule has 0 fully saturated rings. The monoisotopic (exact) mass is 383 g/mol. The maximum atomic E-state index is 12.7. The second kappa shape index (κ2) is 8.28. The van der Waals surface area contributed by atoms with Crippen LogP contribution in [-0.4, -0.2) is 43.8 Å². The molecule has 3 aromatic rings. The Kier molecular flexibility index (Phi) is 5.83. The van der Waals surface area contributed by atoms with E-state index in [1.54, 1.807) is 24.4 Å². The standard InChI is InChI=1S/C20H21N3O3S/c1-23(15-20(24)22-13-11-18-8-4-5-12-21-18)27(25,26)19-10-9-16-6-2-3-7-17(16)14-19/h2-10,12,14H,11,13,15H2,1H3,(H,22,24). The first-order chi connectivity index (χ1) is 13.0. The van der Waals surface area contributed by atoms with Crippen LogP contribution in [0.25, 0.3) is 10.8 Å². The highest BCUT2D eigenvalue weighted by Crippen LogP contribution is 2.21. The van der Waals surface area contributed by atoms with E-state index in [1.165, 1.54) is 7.05 Å². The molecular formula is C20H21N3O3S. The topological polar surface area (TPSA) is 79.4 Å². The van der Waals surface area contributed by atoms with E-state index in [0.717, 1.165) is 20.8 Å². The third kappa shape index (κ3) is 4.69. The number of hydrogen-bond acceptors (Lipinski definition) is 4. The van der Waals surface area contributed by atoms with E-state index in [0.29, 0.717) is 13.0 Å². The predicted molar refractivity (Wildman–Crippen MR) is 105 cm³/mol. The summed E-state index contributed by atoms with van der Waals surface area (Å²) in [4.78, 5) is 16.5. The van der Waals surface area contributed by atoms with Gasteiger partial charge in [-0.05, 0) is 35.0 Å². The van der Waals surface area contributed by atoms with Gasteiger partial charge in [0.05, 0.1) is 11.4 Å². The Morgan fingerprint density at radius 1 is 1.04 bits per heavy atom. The first kappa shape index (κ1) is 19.0. The van der Waals surface area contributed by atoms with E-state index in [1.807, 2.05) is 42.5 Å². The van der Waals surface area contributed by atoms with Gasteiger partial charge in [-0.25, -0.2) is 8.42 Å². The van der Waals surface area contributed by atoms with Gasteiger partial charge < -0.3 is 5.32 Å². The number of carbonyl (C=O) groups is 1. The highest BCUT2D eigenvalue weighted by Gasteiger charge is 2.23.